The average molecular weight is 315 g/mol. The number of ether oxygens (including phenoxy) is 1. The van der Waals surface area contributed by atoms with Crippen molar-refractivity contribution in [3.05, 3.63) is 24.3 Å². The number of hydrogen-bond acceptors (Lipinski definition) is 4. The topological polar surface area (TPSA) is 83.9 Å². The van der Waals surface area contributed by atoms with E-state index in [2.05, 4.69) is 0 Å². The zero-order valence-corrected chi connectivity index (χ0v) is 13.3. The minimum absolute atomic E-state index is 0.163. The summed E-state index contributed by atoms with van der Waals surface area (Å²) in [5.41, 5.74) is 0. The third-order valence-corrected chi connectivity index (χ3v) is 4.79. The second kappa shape index (κ2) is 7.42. The molecule has 6 nitrogen and oxygen atoms in total. The molecule has 7 heteroatoms. The Labute approximate surface area is 125 Å². The molecule has 0 aliphatic heterocycles. The van der Waals surface area contributed by atoms with Crippen LogP contribution in [-0.4, -0.2) is 44.0 Å². The summed E-state index contributed by atoms with van der Waals surface area (Å²) in [6, 6.07) is 5.73. The molecular formula is C14H21NO5S. The van der Waals surface area contributed by atoms with E-state index in [9.17, 15) is 13.2 Å². The molecule has 1 N–H and O–H groups in total. The molecule has 1 aromatic carbocycles. The van der Waals surface area contributed by atoms with Gasteiger partial charge in [-0.3, -0.25) is 0 Å². The molecule has 0 bridgehead atoms. The molecule has 0 aliphatic rings. The van der Waals surface area contributed by atoms with Crippen molar-refractivity contribution in [2.24, 2.45) is 5.92 Å². The van der Waals surface area contributed by atoms with Gasteiger partial charge in [-0.2, -0.15) is 0 Å². The predicted molar refractivity (Wildman–Crippen MR) is 78.8 cm³/mol. The monoisotopic (exact) mass is 315 g/mol. The molecule has 0 spiro atoms. The smallest absolute Gasteiger partial charge is 0.341 e. The third kappa shape index (κ3) is 5.35. The lowest BCUT2D eigenvalue weighted by molar-refractivity contribution is -0.139. The van der Waals surface area contributed by atoms with Crippen LogP contribution in [0.4, 0.5) is 0 Å². The van der Waals surface area contributed by atoms with Crippen LogP contribution in [0.2, 0.25) is 0 Å². The van der Waals surface area contributed by atoms with Crippen molar-refractivity contribution in [3.63, 3.8) is 0 Å². The summed E-state index contributed by atoms with van der Waals surface area (Å²) in [5, 5.41) is 8.51. The lowest BCUT2D eigenvalue weighted by atomic mass is 10.1. The first-order valence-electron chi connectivity index (χ1n) is 6.64. The molecule has 0 aromatic heterocycles. The molecule has 0 heterocycles. The third-order valence-electron chi connectivity index (χ3n) is 2.92. The fourth-order valence-electron chi connectivity index (χ4n) is 1.59. The largest absolute Gasteiger partial charge is 0.482 e. The summed E-state index contributed by atoms with van der Waals surface area (Å²) in [6.07, 6.45) is 0.787. The number of hydrogen-bond donors (Lipinski definition) is 1. The molecule has 1 aromatic rings. The highest BCUT2D eigenvalue weighted by atomic mass is 32.2. The quantitative estimate of drug-likeness (QED) is 0.791. The van der Waals surface area contributed by atoms with Gasteiger partial charge in [0.15, 0.2) is 6.61 Å². The maximum atomic E-state index is 12.3. The van der Waals surface area contributed by atoms with Crippen molar-refractivity contribution in [2.45, 2.75) is 25.2 Å². The van der Waals surface area contributed by atoms with Crippen molar-refractivity contribution < 1.29 is 23.1 Å². The summed E-state index contributed by atoms with van der Waals surface area (Å²) >= 11 is 0. The SMILES string of the molecule is CC(C)CCN(C)S(=O)(=O)c1ccc(OCC(=O)O)cc1. The number of carboxylic acids is 1. The van der Waals surface area contributed by atoms with E-state index in [1.165, 1.54) is 28.6 Å². The van der Waals surface area contributed by atoms with Gasteiger partial charge in [0.25, 0.3) is 0 Å². The van der Waals surface area contributed by atoms with E-state index >= 15 is 0 Å². The molecular weight excluding hydrogens is 294 g/mol. The number of carbonyl (C=O) groups is 1. The lowest BCUT2D eigenvalue weighted by Crippen LogP contribution is -2.28. The molecule has 0 saturated carbocycles. The number of benzene rings is 1. The van der Waals surface area contributed by atoms with E-state index in [0.717, 1.165) is 6.42 Å². The van der Waals surface area contributed by atoms with E-state index in [4.69, 9.17) is 9.84 Å². The van der Waals surface area contributed by atoms with Gasteiger partial charge in [0.05, 0.1) is 4.90 Å². The molecule has 0 aliphatic carbocycles. The van der Waals surface area contributed by atoms with Gasteiger partial charge in [0.2, 0.25) is 10.0 Å². The zero-order valence-electron chi connectivity index (χ0n) is 12.4. The van der Waals surface area contributed by atoms with E-state index in [1.807, 2.05) is 13.8 Å². The summed E-state index contributed by atoms with van der Waals surface area (Å²) in [4.78, 5) is 10.6. The Balaban J connectivity index is 2.77. The maximum absolute atomic E-state index is 12.3. The van der Waals surface area contributed by atoms with Crippen LogP contribution in [0.1, 0.15) is 20.3 Å². The van der Waals surface area contributed by atoms with Crippen LogP contribution in [0, 0.1) is 5.92 Å². The van der Waals surface area contributed by atoms with E-state index in [1.54, 1.807) is 7.05 Å². The molecule has 21 heavy (non-hydrogen) atoms. The standard InChI is InChI=1S/C14H21NO5S/c1-11(2)8-9-15(3)21(18,19)13-6-4-12(5-7-13)20-10-14(16)17/h4-7,11H,8-10H2,1-3H3,(H,16,17). The summed E-state index contributed by atoms with van der Waals surface area (Å²) in [7, 11) is -1.97. The van der Waals surface area contributed by atoms with Crippen LogP contribution in [-0.2, 0) is 14.8 Å². The molecule has 0 saturated heterocycles. The fraction of sp³-hybridized carbons (Fsp3) is 0.500. The highest BCUT2D eigenvalue weighted by molar-refractivity contribution is 7.89. The predicted octanol–water partition coefficient (Wildman–Crippen LogP) is 1.82. The van der Waals surface area contributed by atoms with Crippen LogP contribution in [0.3, 0.4) is 0 Å². The van der Waals surface area contributed by atoms with Gasteiger partial charge in [0.1, 0.15) is 5.75 Å². The number of rotatable bonds is 8. The van der Waals surface area contributed by atoms with E-state index < -0.39 is 22.6 Å². The molecule has 118 valence electrons. The van der Waals surface area contributed by atoms with Gasteiger partial charge < -0.3 is 9.84 Å². The van der Waals surface area contributed by atoms with Crippen LogP contribution in [0.15, 0.2) is 29.2 Å². The van der Waals surface area contributed by atoms with E-state index in [-0.39, 0.29) is 4.90 Å². The summed E-state index contributed by atoms with van der Waals surface area (Å²) < 4.78 is 30.9. The number of nitrogens with zero attached hydrogens (tertiary/aromatic N) is 1. The van der Waals surface area contributed by atoms with Gasteiger partial charge in [0, 0.05) is 13.6 Å². The Morgan fingerprint density at radius 2 is 1.86 bits per heavy atom. The van der Waals surface area contributed by atoms with E-state index in [0.29, 0.717) is 18.2 Å². The summed E-state index contributed by atoms with van der Waals surface area (Å²) in [6.45, 7) is 4.07. The van der Waals surface area contributed by atoms with Gasteiger partial charge in [-0.05, 0) is 36.6 Å². The van der Waals surface area contributed by atoms with Crippen molar-refractivity contribution in [1.29, 1.82) is 0 Å². The van der Waals surface area contributed by atoms with Crippen LogP contribution in [0.25, 0.3) is 0 Å². The molecule has 0 atom stereocenters. The number of carboxylic acid groups (broad SMARTS) is 1. The van der Waals surface area contributed by atoms with Crippen LogP contribution in [0.5, 0.6) is 5.75 Å². The normalized spacial score (nSPS) is 11.9. The van der Waals surface area contributed by atoms with Gasteiger partial charge in [-0.1, -0.05) is 13.8 Å². The highest BCUT2D eigenvalue weighted by Gasteiger charge is 2.20. The Morgan fingerprint density at radius 3 is 2.33 bits per heavy atom. The minimum atomic E-state index is -3.52. The van der Waals surface area contributed by atoms with Gasteiger partial charge in [-0.25, -0.2) is 17.5 Å². The first-order valence-corrected chi connectivity index (χ1v) is 8.08. The second-order valence-electron chi connectivity index (χ2n) is 5.16. The Morgan fingerprint density at radius 1 is 1.29 bits per heavy atom. The Kier molecular flexibility index (Phi) is 6.17. The summed E-state index contributed by atoms with van der Waals surface area (Å²) in [5.74, 6) is -0.337. The van der Waals surface area contributed by atoms with Crippen molar-refractivity contribution in [2.75, 3.05) is 20.2 Å². The maximum Gasteiger partial charge on any atom is 0.341 e. The van der Waals surface area contributed by atoms with Crippen LogP contribution < -0.4 is 4.74 Å². The molecule has 0 unspecified atom stereocenters. The highest BCUT2D eigenvalue weighted by Crippen LogP contribution is 2.19. The van der Waals surface area contributed by atoms with Crippen molar-refractivity contribution >= 4 is 16.0 Å². The molecule has 0 fully saturated rings. The molecule has 0 amide bonds. The van der Waals surface area contributed by atoms with Crippen molar-refractivity contribution in [3.8, 4) is 5.75 Å². The first kappa shape index (κ1) is 17.5. The van der Waals surface area contributed by atoms with Gasteiger partial charge in [-0.15, -0.1) is 0 Å². The zero-order chi connectivity index (χ0) is 16.0. The Hall–Kier alpha value is -1.60. The second-order valence-corrected chi connectivity index (χ2v) is 7.21. The average Bonchev–Trinajstić information content (AvgIpc) is 2.42. The van der Waals surface area contributed by atoms with Crippen molar-refractivity contribution in [1.82, 2.24) is 4.31 Å². The molecule has 1 rings (SSSR count). The lowest BCUT2D eigenvalue weighted by Gasteiger charge is -2.18. The minimum Gasteiger partial charge on any atom is -0.482 e. The number of sulfonamides is 1. The first-order chi connectivity index (χ1) is 9.73. The fourth-order valence-corrected chi connectivity index (χ4v) is 2.78. The van der Waals surface area contributed by atoms with Gasteiger partial charge >= 0.3 is 5.97 Å². The Bertz CT molecular complexity index is 566. The number of aliphatic carboxylic acids is 1. The molecule has 0 radical (unpaired) electrons. The van der Waals surface area contributed by atoms with Crippen LogP contribution >= 0.6 is 0 Å².